The highest BCUT2D eigenvalue weighted by atomic mass is 16.1. The molecule has 0 saturated carbocycles. The van der Waals surface area contributed by atoms with E-state index in [1.165, 1.54) is 6.33 Å². The lowest BCUT2D eigenvalue weighted by atomic mass is 10.0. The quantitative estimate of drug-likeness (QED) is 0.695. The van der Waals surface area contributed by atoms with Crippen LogP contribution in [0.15, 0.2) is 46.4 Å². The van der Waals surface area contributed by atoms with Crippen molar-refractivity contribution < 1.29 is 0 Å². The van der Waals surface area contributed by atoms with E-state index in [4.69, 9.17) is 0 Å². The van der Waals surface area contributed by atoms with Crippen LogP contribution in [-0.2, 0) is 0 Å². The fourth-order valence-corrected chi connectivity index (χ4v) is 2.15. The molecular weight excluding hydrogens is 268 g/mol. The van der Waals surface area contributed by atoms with Gasteiger partial charge < -0.3 is 15.0 Å². The number of rotatable bonds is 2. The highest BCUT2D eigenvalue weighted by molar-refractivity contribution is 5.41. The van der Waals surface area contributed by atoms with E-state index in [1.54, 1.807) is 18.3 Å². The molecule has 1 unspecified atom stereocenters. The summed E-state index contributed by atoms with van der Waals surface area (Å²) in [5.74, 6) is 0.120. The Kier molecular flexibility index (Phi) is 3.51. The van der Waals surface area contributed by atoms with Crippen molar-refractivity contribution >= 4 is 12.2 Å². The predicted molar refractivity (Wildman–Crippen MR) is 79.9 cm³/mol. The lowest BCUT2D eigenvalue weighted by molar-refractivity contribution is 0.854. The van der Waals surface area contributed by atoms with Gasteiger partial charge in [-0.1, -0.05) is 24.3 Å². The Labute approximate surface area is 119 Å². The molecule has 2 heterocycles. The molecule has 1 aliphatic rings. The molecule has 1 atom stereocenters. The summed E-state index contributed by atoms with van der Waals surface area (Å²) >= 11 is 0. The summed E-state index contributed by atoms with van der Waals surface area (Å²) < 4.78 is 0. The van der Waals surface area contributed by atoms with Gasteiger partial charge in [-0.25, -0.2) is 4.98 Å². The molecule has 6 heteroatoms. The first kappa shape index (κ1) is 13.1. The molecule has 0 aliphatic heterocycles. The van der Waals surface area contributed by atoms with E-state index in [0.29, 0.717) is 5.69 Å². The number of allylic oxidation sites excluding steroid dienone is 4. The summed E-state index contributed by atoms with van der Waals surface area (Å²) in [6, 6.07) is 0. The molecular formula is C15H14N4O2. The fraction of sp³-hybridized carbons (Fsp3) is 0.133. The van der Waals surface area contributed by atoms with Gasteiger partial charge >= 0.3 is 0 Å². The molecule has 21 heavy (non-hydrogen) atoms. The van der Waals surface area contributed by atoms with E-state index in [0.717, 1.165) is 6.42 Å². The van der Waals surface area contributed by atoms with Crippen LogP contribution in [0.3, 0.4) is 0 Å². The maximum Gasteiger partial charge on any atom is 0.272 e. The number of hydrogen-bond donors (Lipinski definition) is 3. The fourth-order valence-electron chi connectivity index (χ4n) is 2.15. The smallest absolute Gasteiger partial charge is 0.272 e. The van der Waals surface area contributed by atoms with Crippen molar-refractivity contribution in [3.8, 4) is 0 Å². The summed E-state index contributed by atoms with van der Waals surface area (Å²) in [4.78, 5) is 36.0. The SMILES string of the molecule is O=c1[nH]/c(=C\C2C=CC=CC2)c(=O)[nH]/c1=C\c1cnc[nH]1. The van der Waals surface area contributed by atoms with Gasteiger partial charge in [0.05, 0.1) is 18.2 Å². The molecule has 1 aliphatic carbocycles. The number of aromatic nitrogens is 4. The van der Waals surface area contributed by atoms with Crippen molar-refractivity contribution in [3.05, 3.63) is 73.9 Å². The van der Waals surface area contributed by atoms with Gasteiger partial charge in [-0.15, -0.1) is 0 Å². The minimum absolute atomic E-state index is 0.120. The molecule has 0 aromatic carbocycles. The number of hydrogen-bond acceptors (Lipinski definition) is 3. The van der Waals surface area contributed by atoms with Crippen LogP contribution in [0.1, 0.15) is 12.1 Å². The Bertz CT molecular complexity index is 914. The molecule has 2 aromatic heterocycles. The van der Waals surface area contributed by atoms with Crippen molar-refractivity contribution in [2.24, 2.45) is 5.92 Å². The molecule has 3 N–H and O–H groups in total. The zero-order valence-corrected chi connectivity index (χ0v) is 11.2. The Hall–Kier alpha value is -2.89. The van der Waals surface area contributed by atoms with Gasteiger partial charge in [0.15, 0.2) is 0 Å². The van der Waals surface area contributed by atoms with Gasteiger partial charge in [-0.2, -0.15) is 0 Å². The van der Waals surface area contributed by atoms with Gasteiger partial charge in [0.2, 0.25) is 0 Å². The maximum absolute atomic E-state index is 12.0. The van der Waals surface area contributed by atoms with E-state index in [9.17, 15) is 9.59 Å². The van der Waals surface area contributed by atoms with Crippen molar-refractivity contribution in [1.82, 2.24) is 19.9 Å². The summed E-state index contributed by atoms with van der Waals surface area (Å²) in [5.41, 5.74) is -0.0117. The second kappa shape index (κ2) is 5.62. The molecule has 0 amide bonds. The summed E-state index contributed by atoms with van der Waals surface area (Å²) in [5, 5.41) is 0.479. The third-order valence-corrected chi connectivity index (χ3v) is 3.20. The molecule has 0 saturated heterocycles. The normalized spacial score (nSPS) is 19.3. The Morgan fingerprint density at radius 1 is 1.14 bits per heavy atom. The van der Waals surface area contributed by atoms with Crippen LogP contribution >= 0.6 is 0 Å². The van der Waals surface area contributed by atoms with Crippen LogP contribution in [0.25, 0.3) is 12.2 Å². The first-order valence-electron chi connectivity index (χ1n) is 6.60. The lowest BCUT2D eigenvalue weighted by Crippen LogP contribution is -2.47. The highest BCUT2D eigenvalue weighted by Gasteiger charge is 2.03. The Morgan fingerprint density at radius 2 is 1.95 bits per heavy atom. The maximum atomic E-state index is 12.0. The second-order valence-corrected chi connectivity index (χ2v) is 4.77. The predicted octanol–water partition coefficient (Wildman–Crippen LogP) is -0.472. The minimum atomic E-state index is -0.342. The standard InChI is InChI=1S/C15H14N4O2/c20-14-12(6-10-4-2-1-3-5-10)18-15(21)13(19-14)7-11-8-16-9-17-11/h1-4,6-10H,5H2,(H,16,17)(H,18,21)(H,19,20)/b12-6-,13-7-. The van der Waals surface area contributed by atoms with Crippen molar-refractivity contribution in [3.63, 3.8) is 0 Å². The van der Waals surface area contributed by atoms with Crippen molar-refractivity contribution in [2.75, 3.05) is 0 Å². The van der Waals surface area contributed by atoms with Crippen molar-refractivity contribution in [2.45, 2.75) is 6.42 Å². The molecule has 0 radical (unpaired) electrons. The monoisotopic (exact) mass is 282 g/mol. The lowest BCUT2D eigenvalue weighted by Gasteiger charge is -2.05. The summed E-state index contributed by atoms with van der Waals surface area (Å²) in [6.45, 7) is 0. The highest BCUT2D eigenvalue weighted by Crippen LogP contribution is 2.11. The first-order valence-corrected chi connectivity index (χ1v) is 6.60. The molecule has 0 fully saturated rings. The van der Waals surface area contributed by atoms with Crippen molar-refractivity contribution in [1.29, 1.82) is 0 Å². The topological polar surface area (TPSA) is 94.4 Å². The van der Waals surface area contributed by atoms with Gasteiger partial charge in [-0.05, 0) is 18.6 Å². The molecule has 106 valence electrons. The van der Waals surface area contributed by atoms with E-state index in [1.807, 2.05) is 24.3 Å². The molecule has 2 aromatic rings. The minimum Gasteiger partial charge on any atom is -0.345 e. The zero-order valence-electron chi connectivity index (χ0n) is 11.2. The zero-order chi connectivity index (χ0) is 14.7. The third kappa shape index (κ3) is 3.00. The molecule has 0 bridgehead atoms. The van der Waals surface area contributed by atoms with Crippen LogP contribution in [0.4, 0.5) is 0 Å². The summed E-state index contributed by atoms with van der Waals surface area (Å²) in [6.07, 6.45) is 15.1. The van der Waals surface area contributed by atoms with E-state index >= 15 is 0 Å². The van der Waals surface area contributed by atoms with Crippen LogP contribution in [-0.4, -0.2) is 19.9 Å². The van der Waals surface area contributed by atoms with E-state index in [2.05, 4.69) is 19.9 Å². The molecule has 3 rings (SSSR count). The van der Waals surface area contributed by atoms with E-state index < -0.39 is 0 Å². The third-order valence-electron chi connectivity index (χ3n) is 3.20. The number of aromatic amines is 3. The van der Waals surface area contributed by atoms with Gasteiger partial charge in [0, 0.05) is 5.92 Å². The van der Waals surface area contributed by atoms with Crippen LogP contribution in [0.2, 0.25) is 0 Å². The van der Waals surface area contributed by atoms with E-state index in [-0.39, 0.29) is 27.7 Å². The molecule has 6 nitrogen and oxygen atoms in total. The number of imidazole rings is 1. The molecule has 0 spiro atoms. The Morgan fingerprint density at radius 3 is 2.67 bits per heavy atom. The Balaban J connectivity index is 2.07. The number of H-pyrrole nitrogens is 3. The van der Waals surface area contributed by atoms with Gasteiger partial charge in [0.1, 0.15) is 10.7 Å². The first-order chi connectivity index (χ1) is 10.2. The van der Waals surface area contributed by atoms with Crippen LogP contribution < -0.4 is 21.8 Å². The average molecular weight is 282 g/mol. The largest absolute Gasteiger partial charge is 0.345 e. The van der Waals surface area contributed by atoms with Gasteiger partial charge in [-0.3, -0.25) is 9.59 Å². The van der Waals surface area contributed by atoms with Crippen LogP contribution in [0.5, 0.6) is 0 Å². The number of nitrogens with one attached hydrogen (secondary N) is 3. The van der Waals surface area contributed by atoms with Crippen LogP contribution in [0, 0.1) is 5.92 Å². The number of nitrogens with zero attached hydrogens (tertiary/aromatic N) is 1. The average Bonchev–Trinajstić information content (AvgIpc) is 2.98. The summed E-state index contributed by atoms with van der Waals surface area (Å²) in [7, 11) is 0. The van der Waals surface area contributed by atoms with Gasteiger partial charge in [0.25, 0.3) is 11.1 Å². The second-order valence-electron chi connectivity index (χ2n) is 4.77.